The van der Waals surface area contributed by atoms with Crippen molar-refractivity contribution in [3.8, 4) is 10.4 Å². The van der Waals surface area contributed by atoms with Gasteiger partial charge in [-0.1, -0.05) is 29.8 Å². The standard InChI is InChI=1S/C11H11NOS/c1-8-3-2-4-9(5-8)10-6-12-11(7-13)14-10/h2-6,13H,7H2,1H3. The molecule has 0 saturated heterocycles. The van der Waals surface area contributed by atoms with Gasteiger partial charge >= 0.3 is 0 Å². The second-order valence-corrected chi connectivity index (χ2v) is 4.26. The van der Waals surface area contributed by atoms with E-state index in [0.717, 1.165) is 9.88 Å². The van der Waals surface area contributed by atoms with Gasteiger partial charge in [-0.15, -0.1) is 11.3 Å². The van der Waals surface area contributed by atoms with E-state index in [1.807, 2.05) is 12.3 Å². The predicted octanol–water partition coefficient (Wildman–Crippen LogP) is 2.61. The molecule has 0 atom stereocenters. The lowest BCUT2D eigenvalue weighted by Crippen LogP contribution is -1.75. The van der Waals surface area contributed by atoms with Crippen LogP contribution in [0.3, 0.4) is 0 Å². The SMILES string of the molecule is Cc1cccc(-c2cnc(CO)s2)c1. The predicted molar refractivity (Wildman–Crippen MR) is 58.2 cm³/mol. The molecular weight excluding hydrogens is 194 g/mol. The number of aliphatic hydroxyl groups excluding tert-OH is 1. The largest absolute Gasteiger partial charge is 0.389 e. The summed E-state index contributed by atoms with van der Waals surface area (Å²) in [7, 11) is 0. The van der Waals surface area contributed by atoms with Gasteiger partial charge in [-0.2, -0.15) is 0 Å². The molecule has 1 heterocycles. The van der Waals surface area contributed by atoms with Crippen molar-refractivity contribution >= 4 is 11.3 Å². The third kappa shape index (κ3) is 1.84. The maximum Gasteiger partial charge on any atom is 0.119 e. The van der Waals surface area contributed by atoms with Crippen molar-refractivity contribution in [2.24, 2.45) is 0 Å². The van der Waals surface area contributed by atoms with E-state index in [4.69, 9.17) is 5.11 Å². The Kier molecular flexibility index (Phi) is 2.61. The van der Waals surface area contributed by atoms with Gasteiger partial charge < -0.3 is 5.11 Å². The molecule has 2 nitrogen and oxygen atoms in total. The summed E-state index contributed by atoms with van der Waals surface area (Å²) in [6.45, 7) is 2.09. The van der Waals surface area contributed by atoms with Gasteiger partial charge in [-0.05, 0) is 12.5 Å². The third-order valence-electron chi connectivity index (χ3n) is 1.99. The quantitative estimate of drug-likeness (QED) is 0.817. The molecule has 14 heavy (non-hydrogen) atoms. The molecule has 0 radical (unpaired) electrons. The fourth-order valence-electron chi connectivity index (χ4n) is 1.32. The lowest BCUT2D eigenvalue weighted by Gasteiger charge is -1.97. The van der Waals surface area contributed by atoms with Crippen molar-refractivity contribution in [1.29, 1.82) is 0 Å². The average molecular weight is 205 g/mol. The van der Waals surface area contributed by atoms with E-state index in [9.17, 15) is 0 Å². The van der Waals surface area contributed by atoms with Crippen molar-refractivity contribution in [3.05, 3.63) is 41.0 Å². The molecule has 0 bridgehead atoms. The molecule has 0 aliphatic heterocycles. The number of rotatable bonds is 2. The zero-order valence-electron chi connectivity index (χ0n) is 7.90. The van der Waals surface area contributed by atoms with E-state index in [2.05, 4.69) is 30.1 Å². The first kappa shape index (κ1) is 9.37. The van der Waals surface area contributed by atoms with Crippen molar-refractivity contribution < 1.29 is 5.11 Å². The molecule has 0 fully saturated rings. The summed E-state index contributed by atoms with van der Waals surface area (Å²) in [5, 5.41) is 9.67. The number of hydrogen-bond donors (Lipinski definition) is 1. The minimum atomic E-state index is 0.0243. The van der Waals surface area contributed by atoms with E-state index in [0.29, 0.717) is 0 Å². The van der Waals surface area contributed by atoms with E-state index >= 15 is 0 Å². The van der Waals surface area contributed by atoms with Crippen LogP contribution in [0.2, 0.25) is 0 Å². The van der Waals surface area contributed by atoms with Crippen LogP contribution in [-0.4, -0.2) is 10.1 Å². The maximum atomic E-state index is 8.90. The minimum absolute atomic E-state index is 0.0243. The van der Waals surface area contributed by atoms with Gasteiger partial charge in [0.1, 0.15) is 5.01 Å². The summed E-state index contributed by atoms with van der Waals surface area (Å²) < 4.78 is 0. The topological polar surface area (TPSA) is 33.1 Å². The van der Waals surface area contributed by atoms with Crippen LogP contribution in [0.15, 0.2) is 30.5 Å². The van der Waals surface area contributed by atoms with Crippen LogP contribution in [0.5, 0.6) is 0 Å². The zero-order valence-corrected chi connectivity index (χ0v) is 8.71. The Hall–Kier alpha value is -1.19. The molecule has 0 spiro atoms. The smallest absolute Gasteiger partial charge is 0.119 e. The molecular formula is C11H11NOS. The first-order valence-corrected chi connectivity index (χ1v) is 5.24. The lowest BCUT2D eigenvalue weighted by molar-refractivity contribution is 0.281. The van der Waals surface area contributed by atoms with Gasteiger partial charge in [0.2, 0.25) is 0 Å². The van der Waals surface area contributed by atoms with Gasteiger partial charge in [0.25, 0.3) is 0 Å². The van der Waals surface area contributed by atoms with E-state index in [1.54, 1.807) is 0 Å². The van der Waals surface area contributed by atoms with Crippen molar-refractivity contribution in [2.45, 2.75) is 13.5 Å². The fourth-order valence-corrected chi connectivity index (χ4v) is 2.09. The maximum absolute atomic E-state index is 8.90. The van der Waals surface area contributed by atoms with Crippen LogP contribution in [0, 0.1) is 6.92 Å². The van der Waals surface area contributed by atoms with E-state index in [-0.39, 0.29) is 6.61 Å². The number of hydrogen-bond acceptors (Lipinski definition) is 3. The fraction of sp³-hybridized carbons (Fsp3) is 0.182. The van der Waals surface area contributed by atoms with Crippen LogP contribution in [0.25, 0.3) is 10.4 Å². The van der Waals surface area contributed by atoms with Crippen LogP contribution in [0.4, 0.5) is 0 Å². The Balaban J connectivity index is 2.39. The normalized spacial score (nSPS) is 10.4. The van der Waals surface area contributed by atoms with Crippen molar-refractivity contribution in [3.63, 3.8) is 0 Å². The summed E-state index contributed by atoms with van der Waals surface area (Å²) in [5.41, 5.74) is 2.41. The Morgan fingerprint density at radius 1 is 1.43 bits per heavy atom. The molecule has 2 aromatic rings. The van der Waals surface area contributed by atoms with Crippen LogP contribution >= 0.6 is 11.3 Å². The van der Waals surface area contributed by atoms with Crippen molar-refractivity contribution in [1.82, 2.24) is 4.98 Å². The average Bonchev–Trinajstić information content (AvgIpc) is 2.66. The second-order valence-electron chi connectivity index (χ2n) is 3.15. The summed E-state index contributed by atoms with van der Waals surface area (Å²) in [6.07, 6.45) is 1.81. The highest BCUT2D eigenvalue weighted by Gasteiger charge is 2.02. The number of thiazole rings is 1. The summed E-state index contributed by atoms with van der Waals surface area (Å²) in [4.78, 5) is 5.22. The monoisotopic (exact) mass is 205 g/mol. The third-order valence-corrected chi connectivity index (χ3v) is 3.02. The summed E-state index contributed by atoms with van der Waals surface area (Å²) in [6, 6.07) is 8.27. The Morgan fingerprint density at radius 2 is 2.29 bits per heavy atom. The zero-order chi connectivity index (χ0) is 9.97. The number of benzene rings is 1. The molecule has 0 unspecified atom stereocenters. The Morgan fingerprint density at radius 3 is 2.93 bits per heavy atom. The summed E-state index contributed by atoms with van der Waals surface area (Å²) in [5.74, 6) is 0. The molecule has 0 aliphatic rings. The molecule has 2 rings (SSSR count). The minimum Gasteiger partial charge on any atom is -0.389 e. The number of aryl methyl sites for hydroxylation is 1. The molecule has 1 aromatic carbocycles. The highest BCUT2D eigenvalue weighted by molar-refractivity contribution is 7.15. The number of aliphatic hydroxyl groups is 1. The van der Waals surface area contributed by atoms with Gasteiger partial charge in [0.15, 0.2) is 0 Å². The van der Waals surface area contributed by atoms with Gasteiger partial charge in [0.05, 0.1) is 11.5 Å². The van der Waals surface area contributed by atoms with Crippen LogP contribution in [-0.2, 0) is 6.61 Å². The van der Waals surface area contributed by atoms with Crippen LogP contribution in [0.1, 0.15) is 10.6 Å². The van der Waals surface area contributed by atoms with Gasteiger partial charge in [0, 0.05) is 6.20 Å². The van der Waals surface area contributed by atoms with E-state index < -0.39 is 0 Å². The Labute approximate surface area is 86.9 Å². The summed E-state index contributed by atoms with van der Waals surface area (Å²) >= 11 is 1.53. The highest BCUT2D eigenvalue weighted by atomic mass is 32.1. The van der Waals surface area contributed by atoms with E-state index in [1.165, 1.54) is 22.5 Å². The van der Waals surface area contributed by atoms with Gasteiger partial charge in [-0.25, -0.2) is 4.98 Å². The number of nitrogens with zero attached hydrogens (tertiary/aromatic N) is 1. The molecule has 72 valence electrons. The van der Waals surface area contributed by atoms with Crippen LogP contribution < -0.4 is 0 Å². The molecule has 0 saturated carbocycles. The molecule has 1 N–H and O–H groups in total. The molecule has 1 aromatic heterocycles. The van der Waals surface area contributed by atoms with Crippen molar-refractivity contribution in [2.75, 3.05) is 0 Å². The molecule has 0 aliphatic carbocycles. The first-order valence-electron chi connectivity index (χ1n) is 4.42. The number of aromatic nitrogens is 1. The second kappa shape index (κ2) is 3.90. The Bertz CT molecular complexity index is 436. The lowest BCUT2D eigenvalue weighted by atomic mass is 10.1. The van der Waals surface area contributed by atoms with Gasteiger partial charge in [-0.3, -0.25) is 0 Å². The molecule has 0 amide bonds. The first-order chi connectivity index (χ1) is 6.79. The molecule has 3 heteroatoms. The highest BCUT2D eigenvalue weighted by Crippen LogP contribution is 2.26.